The average Bonchev–Trinajstić information content (AvgIpc) is 2.39. The van der Waals surface area contributed by atoms with Crippen LogP contribution < -0.4 is 5.56 Å². The molecule has 0 fully saturated rings. The molecule has 1 N–H and O–H groups in total. The molecule has 84 valence electrons. The van der Waals surface area contributed by atoms with Gasteiger partial charge in [-0.3, -0.25) is 14.4 Å². The van der Waals surface area contributed by atoms with Gasteiger partial charge < -0.3 is 4.98 Å². The zero-order chi connectivity index (χ0) is 12.3. The summed E-state index contributed by atoms with van der Waals surface area (Å²) in [5, 5.41) is 0. The van der Waals surface area contributed by atoms with Crippen molar-refractivity contribution in [3.05, 3.63) is 70.1 Å². The van der Waals surface area contributed by atoms with Gasteiger partial charge in [-0.25, -0.2) is 0 Å². The Bertz CT molecular complexity index is 594. The van der Waals surface area contributed by atoms with Crippen LogP contribution in [0.2, 0.25) is 0 Å². The number of aromatic nitrogens is 1. The number of benzene rings is 1. The Morgan fingerprint density at radius 1 is 0.824 bits per heavy atom. The molecule has 2 aromatic rings. The molecule has 1 aromatic carbocycles. The van der Waals surface area contributed by atoms with Gasteiger partial charge in [0, 0.05) is 23.4 Å². The number of Topliss-reactive ketones (excluding diaryl/α,β-unsaturated/α-hetero) is 2. The molecule has 0 radical (unpaired) electrons. The predicted molar refractivity (Wildman–Crippen MR) is 62.2 cm³/mol. The van der Waals surface area contributed by atoms with E-state index in [1.807, 2.05) is 0 Å². The van der Waals surface area contributed by atoms with E-state index in [-0.39, 0.29) is 11.1 Å². The molecule has 1 aromatic heterocycles. The van der Waals surface area contributed by atoms with E-state index in [0.29, 0.717) is 5.56 Å². The topological polar surface area (TPSA) is 67.0 Å². The number of hydrogen-bond donors (Lipinski definition) is 1. The number of hydrogen-bond acceptors (Lipinski definition) is 3. The monoisotopic (exact) mass is 227 g/mol. The van der Waals surface area contributed by atoms with Gasteiger partial charge >= 0.3 is 0 Å². The maximum absolute atomic E-state index is 11.8. The number of pyridine rings is 1. The van der Waals surface area contributed by atoms with Gasteiger partial charge in [0.1, 0.15) is 0 Å². The van der Waals surface area contributed by atoms with Gasteiger partial charge in [0.05, 0.1) is 0 Å². The lowest BCUT2D eigenvalue weighted by Crippen LogP contribution is -2.16. The van der Waals surface area contributed by atoms with Crippen LogP contribution in [-0.2, 0) is 0 Å². The van der Waals surface area contributed by atoms with Crippen molar-refractivity contribution < 1.29 is 9.59 Å². The normalized spacial score (nSPS) is 9.88. The molecule has 2 rings (SSSR count). The minimum atomic E-state index is -0.632. The first-order valence-electron chi connectivity index (χ1n) is 5.01. The zero-order valence-electron chi connectivity index (χ0n) is 8.84. The second-order valence-corrected chi connectivity index (χ2v) is 3.47. The molecule has 0 unspecified atom stereocenters. The highest BCUT2D eigenvalue weighted by Gasteiger charge is 2.17. The number of rotatable bonds is 3. The summed E-state index contributed by atoms with van der Waals surface area (Å²) >= 11 is 0. The van der Waals surface area contributed by atoms with Crippen LogP contribution in [0.25, 0.3) is 0 Å². The molecule has 0 amide bonds. The smallest absolute Gasteiger partial charge is 0.247 e. The second-order valence-electron chi connectivity index (χ2n) is 3.47. The zero-order valence-corrected chi connectivity index (χ0v) is 8.84. The first kappa shape index (κ1) is 11.0. The minimum absolute atomic E-state index is 0.179. The molecule has 0 aliphatic rings. The van der Waals surface area contributed by atoms with Crippen LogP contribution in [0.15, 0.2) is 53.5 Å². The summed E-state index contributed by atoms with van der Waals surface area (Å²) < 4.78 is 0. The fraction of sp³-hybridized carbons (Fsp3) is 0. The van der Waals surface area contributed by atoms with E-state index in [1.54, 1.807) is 30.3 Å². The highest BCUT2D eigenvalue weighted by atomic mass is 16.2. The molecular formula is C13H9NO3. The molecule has 0 saturated carbocycles. The summed E-state index contributed by atoms with van der Waals surface area (Å²) in [6, 6.07) is 10.8. The van der Waals surface area contributed by atoms with Gasteiger partial charge in [0.15, 0.2) is 0 Å². The van der Waals surface area contributed by atoms with Gasteiger partial charge in [-0.2, -0.15) is 0 Å². The first-order chi connectivity index (χ1) is 8.18. The molecule has 1 heterocycles. The van der Waals surface area contributed by atoms with Crippen molar-refractivity contribution in [1.29, 1.82) is 0 Å². The van der Waals surface area contributed by atoms with Crippen molar-refractivity contribution in [2.24, 2.45) is 0 Å². The third-order valence-electron chi connectivity index (χ3n) is 2.29. The molecule has 0 spiro atoms. The molecule has 0 saturated heterocycles. The number of carbonyl (C=O) groups excluding carboxylic acids is 2. The van der Waals surface area contributed by atoms with Crippen LogP contribution in [0.4, 0.5) is 0 Å². The summed E-state index contributed by atoms with van der Waals surface area (Å²) in [5.41, 5.74) is 0.205. The fourth-order valence-electron chi connectivity index (χ4n) is 1.40. The Labute approximate surface area is 96.9 Å². The summed E-state index contributed by atoms with van der Waals surface area (Å²) in [6.45, 7) is 0. The Balaban J connectivity index is 2.30. The van der Waals surface area contributed by atoms with Crippen molar-refractivity contribution in [3.63, 3.8) is 0 Å². The van der Waals surface area contributed by atoms with Crippen LogP contribution >= 0.6 is 0 Å². The summed E-state index contributed by atoms with van der Waals surface area (Å²) in [5.74, 6) is -1.22. The Morgan fingerprint density at radius 3 is 2.06 bits per heavy atom. The van der Waals surface area contributed by atoms with Crippen molar-refractivity contribution in [1.82, 2.24) is 4.98 Å². The van der Waals surface area contributed by atoms with Gasteiger partial charge in [-0.15, -0.1) is 0 Å². The molecule has 0 bridgehead atoms. The van der Waals surface area contributed by atoms with Crippen LogP contribution in [0, 0.1) is 0 Å². The first-order valence-corrected chi connectivity index (χ1v) is 5.01. The third-order valence-corrected chi connectivity index (χ3v) is 2.29. The van der Waals surface area contributed by atoms with Crippen LogP contribution in [-0.4, -0.2) is 16.6 Å². The SMILES string of the molecule is O=C(C(=O)c1ccc(=O)[nH]c1)c1ccccc1. The van der Waals surface area contributed by atoms with E-state index in [1.165, 1.54) is 18.3 Å². The quantitative estimate of drug-likeness (QED) is 0.637. The molecule has 17 heavy (non-hydrogen) atoms. The van der Waals surface area contributed by atoms with E-state index in [0.717, 1.165) is 0 Å². The number of ketones is 2. The van der Waals surface area contributed by atoms with Crippen molar-refractivity contribution in [3.8, 4) is 0 Å². The van der Waals surface area contributed by atoms with Crippen molar-refractivity contribution >= 4 is 11.6 Å². The molecule has 0 atom stereocenters. The van der Waals surface area contributed by atoms with E-state index in [4.69, 9.17) is 0 Å². The van der Waals surface area contributed by atoms with Gasteiger partial charge in [-0.05, 0) is 6.07 Å². The van der Waals surface area contributed by atoms with Crippen molar-refractivity contribution in [2.75, 3.05) is 0 Å². The van der Waals surface area contributed by atoms with Crippen LogP contribution in [0.3, 0.4) is 0 Å². The Kier molecular flexibility index (Phi) is 2.96. The van der Waals surface area contributed by atoms with Gasteiger partial charge in [-0.1, -0.05) is 30.3 Å². The summed E-state index contributed by atoms with van der Waals surface area (Å²) in [4.78, 5) is 36.8. The van der Waals surface area contributed by atoms with Gasteiger partial charge in [0.2, 0.25) is 17.1 Å². The summed E-state index contributed by atoms with van der Waals surface area (Å²) in [7, 11) is 0. The summed E-state index contributed by atoms with van der Waals surface area (Å²) in [6.07, 6.45) is 1.24. The highest BCUT2D eigenvalue weighted by Crippen LogP contribution is 2.05. The largest absolute Gasteiger partial charge is 0.328 e. The molecule has 4 nitrogen and oxygen atoms in total. The third kappa shape index (κ3) is 2.36. The Hall–Kier alpha value is -2.49. The number of aromatic amines is 1. The second kappa shape index (κ2) is 4.57. The van der Waals surface area contributed by atoms with Gasteiger partial charge in [0.25, 0.3) is 0 Å². The van der Waals surface area contributed by atoms with E-state index in [9.17, 15) is 14.4 Å². The Morgan fingerprint density at radius 2 is 1.47 bits per heavy atom. The van der Waals surface area contributed by atoms with Crippen LogP contribution in [0.1, 0.15) is 20.7 Å². The molecule has 0 aliphatic carbocycles. The number of carbonyl (C=O) groups is 2. The molecule has 0 aliphatic heterocycles. The van der Waals surface area contributed by atoms with E-state index in [2.05, 4.69) is 4.98 Å². The average molecular weight is 227 g/mol. The van der Waals surface area contributed by atoms with E-state index >= 15 is 0 Å². The fourth-order valence-corrected chi connectivity index (χ4v) is 1.40. The maximum atomic E-state index is 11.8. The minimum Gasteiger partial charge on any atom is -0.328 e. The van der Waals surface area contributed by atoms with Crippen molar-refractivity contribution in [2.45, 2.75) is 0 Å². The van der Waals surface area contributed by atoms with Crippen LogP contribution in [0.5, 0.6) is 0 Å². The lowest BCUT2D eigenvalue weighted by atomic mass is 10.0. The number of nitrogens with one attached hydrogen (secondary N) is 1. The lowest BCUT2D eigenvalue weighted by molar-refractivity contribution is 0.0816. The predicted octanol–water partition coefficient (Wildman–Crippen LogP) is 1.44. The van der Waals surface area contributed by atoms with E-state index < -0.39 is 11.6 Å². The molecule has 4 heteroatoms. The molecular weight excluding hydrogens is 218 g/mol. The lowest BCUT2D eigenvalue weighted by Gasteiger charge is -1.99. The standard InChI is InChI=1S/C13H9NO3/c15-11-7-6-10(8-14-11)13(17)12(16)9-4-2-1-3-5-9/h1-8H,(H,14,15). The number of H-pyrrole nitrogens is 1. The highest BCUT2D eigenvalue weighted by molar-refractivity contribution is 6.49. The maximum Gasteiger partial charge on any atom is 0.247 e.